The number of rotatable bonds is 7. The quantitative estimate of drug-likeness (QED) is 0.665. The molecule has 1 amide bonds. The maximum absolute atomic E-state index is 12.3. The molecule has 24 heavy (non-hydrogen) atoms. The van der Waals surface area contributed by atoms with Gasteiger partial charge in [0, 0.05) is 12.6 Å². The van der Waals surface area contributed by atoms with Crippen molar-refractivity contribution in [1.29, 1.82) is 0 Å². The molecule has 0 saturated heterocycles. The molecule has 2 aromatic heterocycles. The predicted molar refractivity (Wildman–Crippen MR) is 94.7 cm³/mol. The van der Waals surface area contributed by atoms with E-state index in [1.165, 1.54) is 24.2 Å². The summed E-state index contributed by atoms with van der Waals surface area (Å²) < 4.78 is 1.67. The number of benzene rings is 1. The second-order valence-electron chi connectivity index (χ2n) is 5.42. The maximum atomic E-state index is 12.3. The Labute approximate surface area is 144 Å². The van der Waals surface area contributed by atoms with E-state index in [2.05, 4.69) is 27.5 Å². The van der Waals surface area contributed by atoms with Crippen LogP contribution in [0.1, 0.15) is 41.6 Å². The van der Waals surface area contributed by atoms with Gasteiger partial charge in [-0.3, -0.25) is 10.1 Å². The van der Waals surface area contributed by atoms with Gasteiger partial charge in [-0.15, -0.1) is 10.2 Å². The molecule has 2 heterocycles. The van der Waals surface area contributed by atoms with Gasteiger partial charge in [-0.25, -0.2) is 4.68 Å². The first-order valence-corrected chi connectivity index (χ1v) is 8.81. The minimum atomic E-state index is -0.228. The summed E-state index contributed by atoms with van der Waals surface area (Å²) in [5.74, 6) is -0.228. The lowest BCUT2D eigenvalue weighted by atomic mass is 10.2. The Morgan fingerprint density at radius 1 is 1.21 bits per heavy atom. The number of hydrogen-bond acceptors (Lipinski definition) is 5. The van der Waals surface area contributed by atoms with Crippen LogP contribution in [-0.2, 0) is 6.42 Å². The highest BCUT2D eigenvalue weighted by atomic mass is 32.1. The first-order chi connectivity index (χ1) is 11.8. The molecule has 1 aromatic carbocycles. The molecule has 0 bridgehead atoms. The van der Waals surface area contributed by atoms with Crippen LogP contribution in [0.2, 0.25) is 0 Å². The molecule has 0 fully saturated rings. The lowest BCUT2D eigenvalue weighted by Crippen LogP contribution is -2.10. The lowest BCUT2D eigenvalue weighted by Gasteiger charge is -1.99. The Kier molecular flexibility index (Phi) is 5.32. The smallest absolute Gasteiger partial charge is 0.260 e. The van der Waals surface area contributed by atoms with E-state index in [0.29, 0.717) is 10.7 Å². The molecular formula is C17H19N5OS. The molecule has 0 aliphatic heterocycles. The topological polar surface area (TPSA) is 72.7 Å². The third-order valence-corrected chi connectivity index (χ3v) is 4.45. The molecule has 1 N–H and O–H groups in total. The zero-order chi connectivity index (χ0) is 16.8. The predicted octanol–water partition coefficient (Wildman–Crippen LogP) is 3.71. The van der Waals surface area contributed by atoms with Crippen LogP contribution in [0.4, 0.5) is 5.13 Å². The Hall–Kier alpha value is -2.54. The van der Waals surface area contributed by atoms with E-state index in [1.54, 1.807) is 17.1 Å². The highest BCUT2D eigenvalue weighted by Gasteiger charge is 2.12. The van der Waals surface area contributed by atoms with E-state index in [1.807, 2.05) is 30.3 Å². The van der Waals surface area contributed by atoms with Gasteiger partial charge in [0.1, 0.15) is 5.01 Å². The zero-order valence-electron chi connectivity index (χ0n) is 13.5. The lowest BCUT2D eigenvalue weighted by molar-refractivity contribution is 0.102. The summed E-state index contributed by atoms with van der Waals surface area (Å²) in [6.07, 6.45) is 7.61. The van der Waals surface area contributed by atoms with Gasteiger partial charge in [-0.1, -0.05) is 49.3 Å². The summed E-state index contributed by atoms with van der Waals surface area (Å²) in [5, 5.41) is 16.7. The molecule has 0 spiro atoms. The van der Waals surface area contributed by atoms with Gasteiger partial charge in [0.15, 0.2) is 0 Å². The highest BCUT2D eigenvalue weighted by molar-refractivity contribution is 7.15. The van der Waals surface area contributed by atoms with Crippen LogP contribution in [0.15, 0.2) is 42.7 Å². The van der Waals surface area contributed by atoms with Gasteiger partial charge in [-0.2, -0.15) is 5.10 Å². The van der Waals surface area contributed by atoms with Gasteiger partial charge < -0.3 is 0 Å². The fraction of sp³-hybridized carbons (Fsp3) is 0.294. The molecule has 7 heteroatoms. The first-order valence-electron chi connectivity index (χ1n) is 8.00. The molecule has 0 saturated carbocycles. The first kappa shape index (κ1) is 16.3. The SMILES string of the molecule is CCCCCc1nnc(NC(=O)c2cnn(-c3ccccc3)c2)s1. The van der Waals surface area contributed by atoms with E-state index < -0.39 is 0 Å². The standard InChI is InChI=1S/C17H19N5OS/c1-2-3-5-10-15-20-21-17(24-15)19-16(23)13-11-18-22(12-13)14-8-6-4-7-9-14/h4,6-9,11-12H,2-3,5,10H2,1H3,(H,19,21,23). The second kappa shape index (κ2) is 7.83. The number of aromatic nitrogens is 4. The van der Waals surface area contributed by atoms with Crippen LogP contribution >= 0.6 is 11.3 Å². The fourth-order valence-corrected chi connectivity index (χ4v) is 3.04. The largest absolute Gasteiger partial charge is 0.296 e. The Morgan fingerprint density at radius 2 is 2.04 bits per heavy atom. The number of nitrogens with one attached hydrogen (secondary N) is 1. The molecule has 0 unspecified atom stereocenters. The van der Waals surface area contributed by atoms with Crippen molar-refractivity contribution >= 4 is 22.4 Å². The third-order valence-electron chi connectivity index (χ3n) is 3.55. The summed E-state index contributed by atoms with van der Waals surface area (Å²) in [4.78, 5) is 12.3. The molecule has 0 radical (unpaired) electrons. The van der Waals surface area contributed by atoms with Gasteiger partial charge in [-0.05, 0) is 18.6 Å². The van der Waals surface area contributed by atoms with Gasteiger partial charge in [0.25, 0.3) is 5.91 Å². The van der Waals surface area contributed by atoms with Gasteiger partial charge >= 0.3 is 0 Å². The second-order valence-corrected chi connectivity index (χ2v) is 6.48. The van der Waals surface area contributed by atoms with Crippen molar-refractivity contribution in [1.82, 2.24) is 20.0 Å². The number of amides is 1. The monoisotopic (exact) mass is 341 g/mol. The minimum Gasteiger partial charge on any atom is -0.296 e. The summed E-state index contributed by atoms with van der Waals surface area (Å²) in [5.41, 5.74) is 1.40. The van der Waals surface area contributed by atoms with Crippen LogP contribution in [-0.4, -0.2) is 25.9 Å². The number of nitrogens with zero attached hydrogens (tertiary/aromatic N) is 4. The highest BCUT2D eigenvalue weighted by Crippen LogP contribution is 2.18. The molecule has 3 aromatic rings. The van der Waals surface area contributed by atoms with Crippen molar-refractivity contribution in [2.24, 2.45) is 0 Å². The average Bonchev–Trinajstić information content (AvgIpc) is 3.26. The molecule has 124 valence electrons. The summed E-state index contributed by atoms with van der Waals surface area (Å²) >= 11 is 1.43. The van der Waals surface area contributed by atoms with E-state index in [-0.39, 0.29) is 5.91 Å². The number of hydrogen-bond donors (Lipinski definition) is 1. The maximum Gasteiger partial charge on any atom is 0.260 e. The molecular weight excluding hydrogens is 322 g/mol. The number of aryl methyl sites for hydroxylation is 1. The van der Waals surface area contributed by atoms with Crippen molar-refractivity contribution in [2.45, 2.75) is 32.6 Å². The van der Waals surface area contributed by atoms with Crippen LogP contribution in [0.3, 0.4) is 0 Å². The Morgan fingerprint density at radius 3 is 2.83 bits per heavy atom. The van der Waals surface area contributed by atoms with Crippen molar-refractivity contribution in [2.75, 3.05) is 5.32 Å². The average molecular weight is 341 g/mol. The van der Waals surface area contributed by atoms with E-state index in [9.17, 15) is 4.79 Å². The van der Waals surface area contributed by atoms with Crippen LogP contribution in [0, 0.1) is 0 Å². The molecule has 6 nitrogen and oxygen atoms in total. The summed E-state index contributed by atoms with van der Waals surface area (Å²) in [6, 6.07) is 9.66. The van der Waals surface area contributed by atoms with Crippen molar-refractivity contribution in [3.8, 4) is 5.69 Å². The molecule has 0 aliphatic carbocycles. The number of anilines is 1. The van der Waals surface area contributed by atoms with Crippen molar-refractivity contribution < 1.29 is 4.79 Å². The van der Waals surface area contributed by atoms with Gasteiger partial charge in [0.2, 0.25) is 5.13 Å². The minimum absolute atomic E-state index is 0.228. The zero-order valence-corrected chi connectivity index (χ0v) is 14.3. The molecule has 0 aliphatic rings. The van der Waals surface area contributed by atoms with E-state index in [4.69, 9.17) is 0 Å². The number of para-hydroxylation sites is 1. The van der Waals surface area contributed by atoms with Gasteiger partial charge in [0.05, 0.1) is 17.4 Å². The van der Waals surface area contributed by atoms with Crippen LogP contribution in [0.25, 0.3) is 5.69 Å². The summed E-state index contributed by atoms with van der Waals surface area (Å²) in [6.45, 7) is 2.17. The molecule has 0 atom stereocenters. The Bertz CT molecular complexity index is 796. The molecule has 3 rings (SSSR count). The normalized spacial score (nSPS) is 10.7. The van der Waals surface area contributed by atoms with E-state index >= 15 is 0 Å². The van der Waals surface area contributed by atoms with E-state index in [0.717, 1.165) is 23.5 Å². The number of carbonyl (C=O) groups is 1. The van der Waals surface area contributed by atoms with Crippen LogP contribution in [0.5, 0.6) is 0 Å². The fourth-order valence-electron chi connectivity index (χ4n) is 2.26. The summed E-state index contributed by atoms with van der Waals surface area (Å²) in [7, 11) is 0. The van der Waals surface area contributed by atoms with Crippen molar-refractivity contribution in [3.05, 3.63) is 53.3 Å². The number of carbonyl (C=O) groups excluding carboxylic acids is 1. The third kappa shape index (κ3) is 4.05. The Balaban J connectivity index is 1.62. The van der Waals surface area contributed by atoms with Crippen molar-refractivity contribution in [3.63, 3.8) is 0 Å². The number of unbranched alkanes of at least 4 members (excludes halogenated alkanes) is 2. The van der Waals surface area contributed by atoms with Crippen LogP contribution < -0.4 is 5.32 Å².